The number of nitrogens with one attached hydrogen (secondary N) is 2. The first-order valence-electron chi connectivity index (χ1n) is 7.96. The van der Waals surface area contributed by atoms with E-state index in [2.05, 4.69) is 42.5 Å². The standard InChI is InChI=1S/C19H25N3O/c1-19(2,3)16-6-4-5-7-17(16)22-18(23)10-13-21-14-15-8-11-20-12-9-15/h4-9,11-12,21H,10,13-14H2,1-3H3,(H,22,23). The summed E-state index contributed by atoms with van der Waals surface area (Å²) in [5, 5.41) is 6.30. The zero-order valence-electron chi connectivity index (χ0n) is 14.1. The summed E-state index contributed by atoms with van der Waals surface area (Å²) < 4.78 is 0. The van der Waals surface area contributed by atoms with Gasteiger partial charge in [-0.2, -0.15) is 0 Å². The fourth-order valence-corrected chi connectivity index (χ4v) is 2.39. The quantitative estimate of drug-likeness (QED) is 0.803. The molecule has 4 nitrogen and oxygen atoms in total. The van der Waals surface area contributed by atoms with Gasteiger partial charge in [0.1, 0.15) is 0 Å². The molecule has 0 saturated carbocycles. The number of carbonyl (C=O) groups is 1. The second-order valence-corrected chi connectivity index (χ2v) is 6.63. The van der Waals surface area contributed by atoms with Crippen molar-refractivity contribution in [2.45, 2.75) is 39.2 Å². The molecule has 2 aromatic rings. The molecule has 0 radical (unpaired) electrons. The number of benzene rings is 1. The molecule has 0 spiro atoms. The van der Waals surface area contributed by atoms with E-state index in [1.807, 2.05) is 30.3 Å². The number of pyridine rings is 1. The van der Waals surface area contributed by atoms with Gasteiger partial charge in [-0.25, -0.2) is 0 Å². The number of hydrogen-bond donors (Lipinski definition) is 2. The van der Waals surface area contributed by atoms with Crippen molar-refractivity contribution in [3.8, 4) is 0 Å². The van der Waals surface area contributed by atoms with Gasteiger partial charge in [0.05, 0.1) is 0 Å². The first kappa shape index (κ1) is 17.2. The summed E-state index contributed by atoms with van der Waals surface area (Å²) in [5.41, 5.74) is 3.22. The average molecular weight is 311 g/mol. The molecule has 122 valence electrons. The van der Waals surface area contributed by atoms with Crippen molar-refractivity contribution in [2.75, 3.05) is 11.9 Å². The van der Waals surface area contributed by atoms with Crippen molar-refractivity contribution in [2.24, 2.45) is 0 Å². The van der Waals surface area contributed by atoms with Crippen LogP contribution in [0, 0.1) is 0 Å². The molecule has 1 aromatic carbocycles. The SMILES string of the molecule is CC(C)(C)c1ccccc1NC(=O)CCNCc1ccncc1. The minimum Gasteiger partial charge on any atom is -0.326 e. The van der Waals surface area contributed by atoms with Gasteiger partial charge in [0.2, 0.25) is 5.91 Å². The highest BCUT2D eigenvalue weighted by molar-refractivity contribution is 5.91. The largest absolute Gasteiger partial charge is 0.326 e. The lowest BCUT2D eigenvalue weighted by Crippen LogP contribution is -2.23. The third kappa shape index (κ3) is 5.49. The van der Waals surface area contributed by atoms with Crippen LogP contribution in [-0.4, -0.2) is 17.4 Å². The second kappa shape index (κ2) is 7.88. The van der Waals surface area contributed by atoms with Crippen LogP contribution >= 0.6 is 0 Å². The van der Waals surface area contributed by atoms with E-state index in [-0.39, 0.29) is 11.3 Å². The number of rotatable bonds is 6. The normalized spacial score (nSPS) is 11.3. The third-order valence-corrected chi connectivity index (χ3v) is 3.62. The van der Waals surface area contributed by atoms with Crippen molar-refractivity contribution >= 4 is 11.6 Å². The first-order chi connectivity index (χ1) is 11.0. The van der Waals surface area contributed by atoms with Crippen LogP contribution in [0.1, 0.15) is 38.3 Å². The summed E-state index contributed by atoms with van der Waals surface area (Å²) in [6, 6.07) is 11.9. The molecule has 2 rings (SSSR count). The second-order valence-electron chi connectivity index (χ2n) is 6.63. The van der Waals surface area contributed by atoms with Crippen LogP contribution in [0.5, 0.6) is 0 Å². The summed E-state index contributed by atoms with van der Waals surface area (Å²) in [5.74, 6) is 0.0314. The number of amides is 1. The Morgan fingerprint density at radius 2 is 1.78 bits per heavy atom. The number of carbonyl (C=O) groups excluding carboxylic acids is 1. The smallest absolute Gasteiger partial charge is 0.225 e. The molecule has 0 aliphatic heterocycles. The number of aromatic nitrogens is 1. The highest BCUT2D eigenvalue weighted by Gasteiger charge is 2.18. The van der Waals surface area contributed by atoms with Crippen LogP contribution in [0.15, 0.2) is 48.8 Å². The Balaban J connectivity index is 1.81. The minimum atomic E-state index is 0.00344. The van der Waals surface area contributed by atoms with Gasteiger partial charge in [-0.15, -0.1) is 0 Å². The molecular weight excluding hydrogens is 286 g/mol. The molecule has 0 atom stereocenters. The van der Waals surface area contributed by atoms with E-state index in [0.29, 0.717) is 13.0 Å². The van der Waals surface area contributed by atoms with E-state index in [9.17, 15) is 4.79 Å². The van der Waals surface area contributed by atoms with E-state index < -0.39 is 0 Å². The molecular formula is C19H25N3O. The topological polar surface area (TPSA) is 54.0 Å². The van der Waals surface area contributed by atoms with Crippen molar-refractivity contribution < 1.29 is 4.79 Å². The van der Waals surface area contributed by atoms with Crippen molar-refractivity contribution in [1.82, 2.24) is 10.3 Å². The van der Waals surface area contributed by atoms with E-state index >= 15 is 0 Å². The summed E-state index contributed by atoms with van der Waals surface area (Å²) in [6.45, 7) is 7.83. The van der Waals surface area contributed by atoms with E-state index in [0.717, 1.165) is 17.8 Å². The fraction of sp³-hybridized carbons (Fsp3) is 0.368. The van der Waals surface area contributed by atoms with Gasteiger partial charge in [0.25, 0.3) is 0 Å². The molecule has 1 heterocycles. The molecule has 4 heteroatoms. The summed E-state index contributed by atoms with van der Waals surface area (Å²) in [4.78, 5) is 16.1. The van der Waals surface area contributed by atoms with Gasteiger partial charge in [-0.3, -0.25) is 9.78 Å². The first-order valence-corrected chi connectivity index (χ1v) is 7.96. The van der Waals surface area contributed by atoms with E-state index in [4.69, 9.17) is 0 Å². The van der Waals surface area contributed by atoms with E-state index in [1.165, 1.54) is 5.56 Å². The Bertz CT molecular complexity index is 633. The minimum absolute atomic E-state index is 0.00344. The molecule has 0 aliphatic rings. The van der Waals surface area contributed by atoms with Crippen molar-refractivity contribution in [3.05, 3.63) is 59.9 Å². The van der Waals surface area contributed by atoms with Gasteiger partial charge in [-0.1, -0.05) is 39.0 Å². The predicted molar refractivity (Wildman–Crippen MR) is 94.3 cm³/mol. The summed E-state index contributed by atoms with van der Waals surface area (Å²) in [7, 11) is 0. The average Bonchev–Trinajstić information content (AvgIpc) is 2.52. The van der Waals surface area contributed by atoms with Crippen LogP contribution in [0.25, 0.3) is 0 Å². The molecule has 0 unspecified atom stereocenters. The van der Waals surface area contributed by atoms with Crippen molar-refractivity contribution in [3.63, 3.8) is 0 Å². The van der Waals surface area contributed by atoms with Gasteiger partial charge in [0, 0.05) is 37.6 Å². The van der Waals surface area contributed by atoms with Gasteiger partial charge < -0.3 is 10.6 Å². The maximum atomic E-state index is 12.1. The monoisotopic (exact) mass is 311 g/mol. The fourth-order valence-electron chi connectivity index (χ4n) is 2.39. The van der Waals surface area contributed by atoms with Crippen LogP contribution < -0.4 is 10.6 Å². The Kier molecular flexibility index (Phi) is 5.88. The molecule has 2 N–H and O–H groups in total. The number of nitrogens with zero attached hydrogens (tertiary/aromatic N) is 1. The lowest BCUT2D eigenvalue weighted by molar-refractivity contribution is -0.116. The number of para-hydroxylation sites is 1. The molecule has 1 amide bonds. The molecule has 0 fully saturated rings. The van der Waals surface area contributed by atoms with Crippen LogP contribution in [-0.2, 0) is 16.8 Å². The maximum absolute atomic E-state index is 12.1. The third-order valence-electron chi connectivity index (χ3n) is 3.62. The molecule has 0 aliphatic carbocycles. The summed E-state index contributed by atoms with van der Waals surface area (Å²) in [6.07, 6.45) is 3.99. The zero-order valence-corrected chi connectivity index (χ0v) is 14.1. The highest BCUT2D eigenvalue weighted by Crippen LogP contribution is 2.29. The van der Waals surface area contributed by atoms with Crippen LogP contribution in [0.2, 0.25) is 0 Å². The number of hydrogen-bond acceptors (Lipinski definition) is 3. The maximum Gasteiger partial charge on any atom is 0.225 e. The molecule has 0 saturated heterocycles. The van der Waals surface area contributed by atoms with Gasteiger partial charge in [0.15, 0.2) is 0 Å². The van der Waals surface area contributed by atoms with E-state index in [1.54, 1.807) is 12.4 Å². The molecule has 0 bridgehead atoms. The summed E-state index contributed by atoms with van der Waals surface area (Å²) >= 11 is 0. The Hall–Kier alpha value is -2.20. The van der Waals surface area contributed by atoms with Crippen LogP contribution in [0.4, 0.5) is 5.69 Å². The molecule has 23 heavy (non-hydrogen) atoms. The molecule has 1 aromatic heterocycles. The Morgan fingerprint density at radius 1 is 1.09 bits per heavy atom. The predicted octanol–water partition coefficient (Wildman–Crippen LogP) is 3.50. The van der Waals surface area contributed by atoms with Crippen LogP contribution in [0.3, 0.4) is 0 Å². The van der Waals surface area contributed by atoms with Crippen molar-refractivity contribution in [1.29, 1.82) is 0 Å². The lowest BCUT2D eigenvalue weighted by atomic mass is 9.86. The van der Waals surface area contributed by atoms with Gasteiger partial charge in [-0.05, 0) is 34.7 Å². The van der Waals surface area contributed by atoms with Gasteiger partial charge >= 0.3 is 0 Å². The number of anilines is 1. The zero-order chi connectivity index (χ0) is 16.7. The highest BCUT2D eigenvalue weighted by atomic mass is 16.1. The Morgan fingerprint density at radius 3 is 2.48 bits per heavy atom. The lowest BCUT2D eigenvalue weighted by Gasteiger charge is -2.23. The Labute approximate surface area is 138 Å².